The van der Waals surface area contributed by atoms with Crippen molar-refractivity contribution in [2.75, 3.05) is 0 Å². The van der Waals surface area contributed by atoms with Gasteiger partial charge in [0.1, 0.15) is 5.82 Å². The van der Waals surface area contributed by atoms with E-state index >= 15 is 0 Å². The molecular weight excluding hydrogens is 313 g/mol. The zero-order valence-corrected chi connectivity index (χ0v) is 12.3. The maximum Gasteiger partial charge on any atom is 0.123 e. The normalized spacial score (nSPS) is 12.4. The highest BCUT2D eigenvalue weighted by molar-refractivity contribution is 9.10. The third-order valence-corrected chi connectivity index (χ3v) is 4.20. The van der Waals surface area contributed by atoms with E-state index in [-0.39, 0.29) is 11.9 Å². The second kappa shape index (κ2) is 5.87. The van der Waals surface area contributed by atoms with Crippen LogP contribution in [0.3, 0.4) is 0 Å². The molecule has 0 aliphatic rings. The van der Waals surface area contributed by atoms with Gasteiger partial charge in [-0.05, 0) is 48.9 Å². The van der Waals surface area contributed by atoms with Crippen LogP contribution in [0.2, 0.25) is 0 Å². The van der Waals surface area contributed by atoms with Crippen molar-refractivity contribution < 1.29 is 4.39 Å². The van der Waals surface area contributed by atoms with Gasteiger partial charge in [0.2, 0.25) is 0 Å². The van der Waals surface area contributed by atoms with Crippen LogP contribution in [0, 0.1) is 5.82 Å². The molecule has 2 aromatic carbocycles. The molecule has 18 heavy (non-hydrogen) atoms. The van der Waals surface area contributed by atoms with Crippen LogP contribution in [0.1, 0.15) is 18.5 Å². The van der Waals surface area contributed by atoms with Crippen LogP contribution < -0.4 is 5.73 Å². The highest BCUT2D eigenvalue weighted by Crippen LogP contribution is 2.32. The summed E-state index contributed by atoms with van der Waals surface area (Å²) in [6, 6.07) is 12.6. The number of hydrogen-bond acceptors (Lipinski definition) is 2. The van der Waals surface area contributed by atoms with Gasteiger partial charge in [-0.3, -0.25) is 0 Å². The van der Waals surface area contributed by atoms with Crippen LogP contribution >= 0.6 is 27.7 Å². The van der Waals surface area contributed by atoms with E-state index in [2.05, 4.69) is 15.9 Å². The molecule has 2 rings (SSSR count). The molecule has 0 radical (unpaired) electrons. The lowest BCUT2D eigenvalue weighted by molar-refractivity contribution is 0.626. The number of nitrogens with two attached hydrogens (primary N) is 1. The summed E-state index contributed by atoms with van der Waals surface area (Å²) in [4.78, 5) is 2.11. The average molecular weight is 326 g/mol. The number of halogens is 2. The summed E-state index contributed by atoms with van der Waals surface area (Å²) in [6.07, 6.45) is 0. The van der Waals surface area contributed by atoms with E-state index < -0.39 is 0 Å². The van der Waals surface area contributed by atoms with E-state index in [1.165, 1.54) is 12.1 Å². The van der Waals surface area contributed by atoms with E-state index in [1.807, 2.05) is 25.1 Å². The first-order chi connectivity index (χ1) is 8.56. The van der Waals surface area contributed by atoms with Gasteiger partial charge < -0.3 is 5.73 Å². The van der Waals surface area contributed by atoms with Crippen LogP contribution in [-0.2, 0) is 0 Å². The van der Waals surface area contributed by atoms with Crippen molar-refractivity contribution in [2.45, 2.75) is 22.8 Å². The van der Waals surface area contributed by atoms with Gasteiger partial charge in [-0.2, -0.15) is 0 Å². The Morgan fingerprint density at radius 2 is 1.72 bits per heavy atom. The minimum atomic E-state index is -0.215. The van der Waals surface area contributed by atoms with Crippen molar-refractivity contribution >= 4 is 27.7 Å². The Balaban J connectivity index is 2.20. The number of rotatable bonds is 3. The maximum atomic E-state index is 12.8. The molecule has 0 saturated heterocycles. The Kier molecular flexibility index (Phi) is 4.43. The van der Waals surface area contributed by atoms with Gasteiger partial charge in [0.25, 0.3) is 0 Å². The molecule has 2 N–H and O–H groups in total. The molecule has 0 aliphatic carbocycles. The molecule has 0 aliphatic heterocycles. The van der Waals surface area contributed by atoms with Gasteiger partial charge in [-0.15, -0.1) is 0 Å². The fourth-order valence-electron chi connectivity index (χ4n) is 1.58. The molecular formula is C14H13BrFNS. The van der Waals surface area contributed by atoms with Crippen LogP contribution in [-0.4, -0.2) is 0 Å². The molecule has 2 aromatic rings. The largest absolute Gasteiger partial charge is 0.324 e. The standard InChI is InChI=1S/C14H13BrFNS/c1-9(17)13-7-6-12(8-14(13)15)18-11-4-2-10(16)3-5-11/h2-9H,17H2,1H3/t9-/m1/s1. The van der Waals surface area contributed by atoms with E-state index in [1.54, 1.807) is 23.9 Å². The second-order valence-electron chi connectivity index (χ2n) is 4.03. The lowest BCUT2D eigenvalue weighted by atomic mass is 10.1. The third-order valence-electron chi connectivity index (χ3n) is 2.51. The lowest BCUT2D eigenvalue weighted by Gasteiger charge is -2.10. The van der Waals surface area contributed by atoms with E-state index in [0.29, 0.717) is 0 Å². The first-order valence-electron chi connectivity index (χ1n) is 5.54. The summed E-state index contributed by atoms with van der Waals surface area (Å²) in [7, 11) is 0. The van der Waals surface area contributed by atoms with Crippen LogP contribution in [0.5, 0.6) is 0 Å². The number of hydrogen-bond donors (Lipinski definition) is 1. The monoisotopic (exact) mass is 325 g/mol. The lowest BCUT2D eigenvalue weighted by Crippen LogP contribution is -2.05. The van der Waals surface area contributed by atoms with Gasteiger partial charge >= 0.3 is 0 Å². The van der Waals surface area contributed by atoms with Crippen molar-refractivity contribution in [3.05, 3.63) is 58.3 Å². The van der Waals surface area contributed by atoms with Crippen LogP contribution in [0.4, 0.5) is 4.39 Å². The molecule has 0 spiro atoms. The van der Waals surface area contributed by atoms with E-state index in [4.69, 9.17) is 5.73 Å². The molecule has 0 bridgehead atoms. The summed E-state index contributed by atoms with van der Waals surface area (Å²) in [5.74, 6) is -0.215. The van der Waals surface area contributed by atoms with Crippen molar-refractivity contribution in [1.82, 2.24) is 0 Å². The van der Waals surface area contributed by atoms with Gasteiger partial charge in [0.05, 0.1) is 0 Å². The summed E-state index contributed by atoms with van der Waals surface area (Å²) in [6.45, 7) is 1.95. The fraction of sp³-hybridized carbons (Fsp3) is 0.143. The SMILES string of the molecule is C[C@@H](N)c1ccc(Sc2ccc(F)cc2)cc1Br. The molecule has 4 heteroatoms. The summed E-state index contributed by atoms with van der Waals surface area (Å²) in [5, 5.41) is 0. The Hall–Kier alpha value is -0.840. The molecule has 0 fully saturated rings. The molecule has 0 aromatic heterocycles. The Bertz CT molecular complexity index is 540. The number of benzene rings is 2. The van der Waals surface area contributed by atoms with Gasteiger partial charge in [-0.1, -0.05) is 33.8 Å². The minimum absolute atomic E-state index is 0.00393. The minimum Gasteiger partial charge on any atom is -0.324 e. The molecule has 94 valence electrons. The van der Waals surface area contributed by atoms with Crippen LogP contribution in [0.25, 0.3) is 0 Å². The summed E-state index contributed by atoms with van der Waals surface area (Å²) in [5.41, 5.74) is 6.94. The zero-order valence-electron chi connectivity index (χ0n) is 9.86. The summed E-state index contributed by atoms with van der Waals surface area (Å²) >= 11 is 5.11. The predicted octanol–water partition coefficient (Wildman–Crippen LogP) is 4.76. The van der Waals surface area contributed by atoms with E-state index in [9.17, 15) is 4.39 Å². The molecule has 1 atom stereocenters. The van der Waals surface area contributed by atoms with Crippen molar-refractivity contribution in [1.29, 1.82) is 0 Å². The quantitative estimate of drug-likeness (QED) is 0.880. The van der Waals surface area contributed by atoms with Gasteiger partial charge in [-0.25, -0.2) is 4.39 Å². The fourth-order valence-corrected chi connectivity index (χ4v) is 3.33. The van der Waals surface area contributed by atoms with Crippen molar-refractivity contribution in [3.8, 4) is 0 Å². The first kappa shape index (κ1) is 13.6. The Morgan fingerprint density at radius 1 is 1.11 bits per heavy atom. The first-order valence-corrected chi connectivity index (χ1v) is 7.15. The Morgan fingerprint density at radius 3 is 2.28 bits per heavy atom. The van der Waals surface area contributed by atoms with Crippen molar-refractivity contribution in [2.24, 2.45) is 5.73 Å². The molecule has 0 unspecified atom stereocenters. The van der Waals surface area contributed by atoms with Crippen molar-refractivity contribution in [3.63, 3.8) is 0 Å². The topological polar surface area (TPSA) is 26.0 Å². The maximum absolute atomic E-state index is 12.8. The zero-order chi connectivity index (χ0) is 13.1. The highest BCUT2D eigenvalue weighted by atomic mass is 79.9. The summed E-state index contributed by atoms with van der Waals surface area (Å²) < 4.78 is 13.8. The van der Waals surface area contributed by atoms with Crippen LogP contribution in [0.15, 0.2) is 56.7 Å². The molecule has 0 heterocycles. The van der Waals surface area contributed by atoms with Gasteiger partial charge in [0.15, 0.2) is 0 Å². The molecule has 0 amide bonds. The average Bonchev–Trinajstić information content (AvgIpc) is 2.32. The third kappa shape index (κ3) is 3.34. The second-order valence-corrected chi connectivity index (χ2v) is 6.03. The Labute approximate surface area is 119 Å². The molecule has 1 nitrogen and oxygen atoms in total. The predicted molar refractivity (Wildman–Crippen MR) is 77.3 cm³/mol. The highest BCUT2D eigenvalue weighted by Gasteiger charge is 2.06. The smallest absolute Gasteiger partial charge is 0.123 e. The van der Waals surface area contributed by atoms with E-state index in [0.717, 1.165) is 19.8 Å². The van der Waals surface area contributed by atoms with Gasteiger partial charge in [0, 0.05) is 20.3 Å². The molecule has 0 saturated carbocycles.